The van der Waals surface area contributed by atoms with Gasteiger partial charge in [-0.1, -0.05) is 30.9 Å². The molecule has 3 N–H and O–H groups in total. The van der Waals surface area contributed by atoms with Crippen molar-refractivity contribution in [1.82, 2.24) is 0 Å². The van der Waals surface area contributed by atoms with Gasteiger partial charge in [-0.05, 0) is 36.5 Å². The van der Waals surface area contributed by atoms with Crippen molar-refractivity contribution in [3.05, 3.63) is 22.7 Å². The van der Waals surface area contributed by atoms with Crippen molar-refractivity contribution >= 4 is 24.0 Å². The van der Waals surface area contributed by atoms with Crippen LogP contribution in [0.3, 0.4) is 0 Å². The molecule has 5 heteroatoms. The number of aromatic hydroxyl groups is 1. The van der Waals surface area contributed by atoms with Gasteiger partial charge in [0.05, 0.1) is 12.1 Å². The molecule has 0 unspecified atom stereocenters. The molecule has 0 aliphatic heterocycles. The Morgan fingerprint density at radius 3 is 2.53 bits per heavy atom. The predicted molar refractivity (Wildman–Crippen MR) is 80.4 cm³/mol. The SMILES string of the molecule is COc1cc([C@H](N)C2CCCCC2)cc(Cl)c1O.Cl. The maximum Gasteiger partial charge on any atom is 0.176 e. The molecule has 19 heavy (non-hydrogen) atoms. The fraction of sp³-hybridized carbons (Fsp3) is 0.571. The molecule has 0 spiro atoms. The molecule has 1 aromatic carbocycles. The fourth-order valence-electron chi connectivity index (χ4n) is 2.71. The molecule has 2 rings (SSSR count). The first-order valence-electron chi connectivity index (χ1n) is 6.45. The van der Waals surface area contributed by atoms with Gasteiger partial charge in [0.1, 0.15) is 0 Å². The highest BCUT2D eigenvalue weighted by Crippen LogP contribution is 2.39. The van der Waals surface area contributed by atoms with Crippen LogP contribution in [0.25, 0.3) is 0 Å². The molecule has 1 aromatic rings. The van der Waals surface area contributed by atoms with Gasteiger partial charge >= 0.3 is 0 Å². The summed E-state index contributed by atoms with van der Waals surface area (Å²) in [5, 5.41) is 10.0. The number of ether oxygens (including phenoxy) is 1. The van der Waals surface area contributed by atoms with Crippen molar-refractivity contribution in [3.63, 3.8) is 0 Å². The van der Waals surface area contributed by atoms with E-state index in [2.05, 4.69) is 0 Å². The number of rotatable bonds is 3. The van der Waals surface area contributed by atoms with Crippen LogP contribution in [-0.2, 0) is 0 Å². The summed E-state index contributed by atoms with van der Waals surface area (Å²) in [5.74, 6) is 0.881. The van der Waals surface area contributed by atoms with Crippen LogP contribution in [0.5, 0.6) is 11.5 Å². The summed E-state index contributed by atoms with van der Waals surface area (Å²) >= 11 is 6.00. The van der Waals surface area contributed by atoms with Crippen LogP contribution in [0, 0.1) is 5.92 Å². The molecule has 0 aromatic heterocycles. The standard InChI is InChI=1S/C14H20ClNO2.ClH/c1-18-12-8-10(7-11(15)14(12)17)13(16)9-5-3-2-4-6-9;/h7-9,13,17H,2-6,16H2,1H3;1H/t13-;/m1./s1. The Labute approximate surface area is 125 Å². The molecule has 0 radical (unpaired) electrons. The Morgan fingerprint density at radius 2 is 1.95 bits per heavy atom. The number of phenolic OH excluding ortho intramolecular Hbond substituents is 1. The highest BCUT2D eigenvalue weighted by atomic mass is 35.5. The monoisotopic (exact) mass is 305 g/mol. The number of halogens is 2. The number of phenols is 1. The minimum atomic E-state index is -0.0303. The normalized spacial score (nSPS) is 17.6. The van der Waals surface area contributed by atoms with E-state index in [1.54, 1.807) is 12.1 Å². The van der Waals surface area contributed by atoms with Crippen LogP contribution in [0.15, 0.2) is 12.1 Å². The number of nitrogens with two attached hydrogens (primary N) is 1. The van der Waals surface area contributed by atoms with Gasteiger partial charge in [0.15, 0.2) is 11.5 Å². The van der Waals surface area contributed by atoms with Gasteiger partial charge in [-0.25, -0.2) is 0 Å². The lowest BCUT2D eigenvalue weighted by Gasteiger charge is -2.28. The second-order valence-electron chi connectivity index (χ2n) is 4.98. The summed E-state index contributed by atoms with van der Waals surface area (Å²) in [5.41, 5.74) is 7.26. The van der Waals surface area contributed by atoms with E-state index in [1.807, 2.05) is 0 Å². The number of hydrogen-bond donors (Lipinski definition) is 2. The minimum Gasteiger partial charge on any atom is -0.503 e. The van der Waals surface area contributed by atoms with E-state index in [0.29, 0.717) is 16.7 Å². The highest BCUT2D eigenvalue weighted by molar-refractivity contribution is 6.32. The van der Waals surface area contributed by atoms with Gasteiger partial charge in [-0.3, -0.25) is 0 Å². The Morgan fingerprint density at radius 1 is 1.32 bits per heavy atom. The van der Waals surface area contributed by atoms with Gasteiger partial charge in [-0.15, -0.1) is 12.4 Å². The first-order chi connectivity index (χ1) is 8.63. The molecular formula is C14H21Cl2NO2. The van der Waals surface area contributed by atoms with Crippen LogP contribution in [0.1, 0.15) is 43.7 Å². The molecule has 1 atom stereocenters. The summed E-state index contributed by atoms with van der Waals surface area (Å²) in [6, 6.07) is 3.51. The van der Waals surface area contributed by atoms with Crippen LogP contribution in [0.4, 0.5) is 0 Å². The third-order valence-electron chi connectivity index (χ3n) is 3.81. The van der Waals surface area contributed by atoms with Crippen molar-refractivity contribution in [2.24, 2.45) is 11.7 Å². The zero-order valence-electron chi connectivity index (χ0n) is 11.1. The molecular weight excluding hydrogens is 285 g/mol. The highest BCUT2D eigenvalue weighted by Gasteiger charge is 2.23. The Kier molecular flexibility index (Phi) is 6.24. The van der Waals surface area contributed by atoms with Crippen LogP contribution < -0.4 is 10.5 Å². The third-order valence-corrected chi connectivity index (χ3v) is 4.10. The van der Waals surface area contributed by atoms with E-state index < -0.39 is 0 Å². The molecule has 1 saturated carbocycles. The second kappa shape index (κ2) is 7.22. The van der Waals surface area contributed by atoms with Crippen LogP contribution >= 0.6 is 24.0 Å². The lowest BCUT2D eigenvalue weighted by atomic mass is 9.81. The smallest absolute Gasteiger partial charge is 0.176 e. The molecule has 108 valence electrons. The first-order valence-corrected chi connectivity index (χ1v) is 6.83. The van der Waals surface area contributed by atoms with Crippen molar-refractivity contribution in [3.8, 4) is 11.5 Å². The molecule has 1 aliphatic rings. The summed E-state index contributed by atoms with van der Waals surface area (Å²) in [7, 11) is 1.52. The molecule has 3 nitrogen and oxygen atoms in total. The van der Waals surface area contributed by atoms with Crippen LogP contribution in [-0.4, -0.2) is 12.2 Å². The number of methoxy groups -OCH3 is 1. The van der Waals surface area contributed by atoms with E-state index in [0.717, 1.165) is 5.56 Å². The van der Waals surface area contributed by atoms with Crippen molar-refractivity contribution in [2.45, 2.75) is 38.1 Å². The third kappa shape index (κ3) is 3.68. The van der Waals surface area contributed by atoms with E-state index in [4.69, 9.17) is 22.1 Å². The number of benzene rings is 1. The average Bonchev–Trinajstić information content (AvgIpc) is 2.42. The zero-order chi connectivity index (χ0) is 13.1. The zero-order valence-corrected chi connectivity index (χ0v) is 12.6. The lowest BCUT2D eigenvalue weighted by Crippen LogP contribution is -2.23. The van der Waals surface area contributed by atoms with Crippen molar-refractivity contribution in [1.29, 1.82) is 0 Å². The summed E-state index contributed by atoms with van der Waals surface area (Å²) < 4.78 is 5.11. The largest absolute Gasteiger partial charge is 0.503 e. The topological polar surface area (TPSA) is 55.5 Å². The Hall–Kier alpha value is -0.640. The fourth-order valence-corrected chi connectivity index (χ4v) is 2.93. The summed E-state index contributed by atoms with van der Waals surface area (Å²) in [6.45, 7) is 0. The first kappa shape index (κ1) is 16.4. The summed E-state index contributed by atoms with van der Waals surface area (Å²) in [6.07, 6.45) is 6.15. The molecule has 1 aliphatic carbocycles. The Bertz CT molecular complexity index is 420. The average molecular weight is 306 g/mol. The number of hydrogen-bond acceptors (Lipinski definition) is 3. The van der Waals surface area contributed by atoms with Crippen molar-refractivity contribution in [2.75, 3.05) is 7.11 Å². The second-order valence-corrected chi connectivity index (χ2v) is 5.38. The van der Waals surface area contributed by atoms with Gasteiger partial charge in [0, 0.05) is 6.04 Å². The maximum atomic E-state index is 9.72. The molecule has 0 saturated heterocycles. The van der Waals surface area contributed by atoms with Gasteiger partial charge in [0.25, 0.3) is 0 Å². The van der Waals surface area contributed by atoms with E-state index in [-0.39, 0.29) is 24.2 Å². The van der Waals surface area contributed by atoms with Gasteiger partial charge in [-0.2, -0.15) is 0 Å². The maximum absolute atomic E-state index is 9.72. The van der Waals surface area contributed by atoms with E-state index in [1.165, 1.54) is 39.2 Å². The minimum absolute atomic E-state index is 0. The van der Waals surface area contributed by atoms with Crippen LogP contribution in [0.2, 0.25) is 5.02 Å². The van der Waals surface area contributed by atoms with E-state index in [9.17, 15) is 5.11 Å². The molecule has 0 heterocycles. The Balaban J connectivity index is 0.00000180. The summed E-state index contributed by atoms with van der Waals surface area (Å²) in [4.78, 5) is 0. The quantitative estimate of drug-likeness (QED) is 0.885. The lowest BCUT2D eigenvalue weighted by molar-refractivity contribution is 0.307. The van der Waals surface area contributed by atoms with Crippen molar-refractivity contribution < 1.29 is 9.84 Å². The molecule has 0 amide bonds. The van der Waals surface area contributed by atoms with Gasteiger partial charge < -0.3 is 15.6 Å². The molecule has 0 bridgehead atoms. The molecule has 1 fully saturated rings. The van der Waals surface area contributed by atoms with E-state index >= 15 is 0 Å². The van der Waals surface area contributed by atoms with Gasteiger partial charge in [0.2, 0.25) is 0 Å². The predicted octanol–water partition coefficient (Wildman–Crippen LogP) is 4.06.